The zero-order valence-electron chi connectivity index (χ0n) is 14.1. The first-order valence-corrected chi connectivity index (χ1v) is 7.55. The van der Waals surface area contributed by atoms with Crippen LogP contribution in [-0.4, -0.2) is 21.8 Å². The molecule has 0 unspecified atom stereocenters. The number of nitro benzene ring substituents is 1. The molecule has 0 radical (unpaired) electrons. The number of non-ortho nitro benzene ring substituents is 1. The van der Waals surface area contributed by atoms with E-state index in [0.717, 1.165) is 6.07 Å². The molecule has 0 aliphatic rings. The molecule has 0 spiro atoms. The molecule has 0 saturated carbocycles. The molecule has 10 nitrogen and oxygen atoms in total. The van der Waals surface area contributed by atoms with Crippen LogP contribution >= 0.6 is 0 Å². The van der Waals surface area contributed by atoms with Crippen molar-refractivity contribution in [2.24, 2.45) is 16.0 Å². The van der Waals surface area contributed by atoms with Crippen molar-refractivity contribution in [2.45, 2.75) is 6.92 Å². The van der Waals surface area contributed by atoms with Crippen LogP contribution in [0.2, 0.25) is 0 Å². The number of allylic oxidation sites excluding steroid dienone is 1. The van der Waals surface area contributed by atoms with E-state index in [-0.39, 0.29) is 22.6 Å². The van der Waals surface area contributed by atoms with Crippen LogP contribution in [0.25, 0.3) is 0 Å². The number of nitrogens with two attached hydrogens (primary N) is 1. The highest BCUT2D eigenvalue weighted by molar-refractivity contribution is 6.03. The van der Waals surface area contributed by atoms with Gasteiger partial charge in [0.25, 0.3) is 11.6 Å². The van der Waals surface area contributed by atoms with Gasteiger partial charge in [-0.3, -0.25) is 19.7 Å². The molecular weight excluding hydrogens is 354 g/mol. The second kappa shape index (κ2) is 8.34. The molecule has 0 aliphatic heterocycles. The number of rotatable bonds is 6. The van der Waals surface area contributed by atoms with Crippen molar-refractivity contribution < 1.29 is 19.6 Å². The molecule has 0 atom stereocenters. The van der Waals surface area contributed by atoms with Gasteiger partial charge in [-0.1, -0.05) is 12.1 Å². The van der Waals surface area contributed by atoms with Gasteiger partial charge in [0.15, 0.2) is 5.70 Å². The lowest BCUT2D eigenvalue weighted by Crippen LogP contribution is -2.14. The SMILES string of the molecule is CC(O)=C(N=Nc1cccc(C(N)=O)c1)C(=O)Nc1cccc([N+](=O)[O-])c1. The molecule has 10 heteroatoms. The van der Waals surface area contributed by atoms with Crippen LogP contribution in [0.1, 0.15) is 17.3 Å². The van der Waals surface area contributed by atoms with E-state index >= 15 is 0 Å². The smallest absolute Gasteiger partial charge is 0.279 e. The molecule has 0 heterocycles. The Morgan fingerprint density at radius 2 is 1.89 bits per heavy atom. The van der Waals surface area contributed by atoms with Gasteiger partial charge in [-0.2, -0.15) is 5.11 Å². The van der Waals surface area contributed by atoms with Gasteiger partial charge in [0.2, 0.25) is 5.91 Å². The summed E-state index contributed by atoms with van der Waals surface area (Å²) < 4.78 is 0. The summed E-state index contributed by atoms with van der Waals surface area (Å²) in [5, 5.41) is 30.4. The zero-order valence-corrected chi connectivity index (χ0v) is 14.1. The van der Waals surface area contributed by atoms with E-state index < -0.39 is 28.2 Å². The fourth-order valence-corrected chi connectivity index (χ4v) is 2.00. The van der Waals surface area contributed by atoms with Gasteiger partial charge in [0.05, 0.1) is 10.6 Å². The summed E-state index contributed by atoms with van der Waals surface area (Å²) in [6.45, 7) is 1.24. The number of benzene rings is 2. The van der Waals surface area contributed by atoms with E-state index in [4.69, 9.17) is 5.73 Å². The van der Waals surface area contributed by atoms with Gasteiger partial charge in [0.1, 0.15) is 5.76 Å². The first-order valence-electron chi connectivity index (χ1n) is 7.55. The monoisotopic (exact) mass is 369 g/mol. The molecule has 27 heavy (non-hydrogen) atoms. The Labute approximate surface area is 153 Å². The van der Waals surface area contributed by atoms with Crippen LogP contribution in [0.5, 0.6) is 0 Å². The Balaban J connectivity index is 2.23. The number of hydrogen-bond donors (Lipinski definition) is 3. The predicted octanol–water partition coefficient (Wildman–Crippen LogP) is 3.21. The molecule has 2 aromatic carbocycles. The topological polar surface area (TPSA) is 160 Å². The Morgan fingerprint density at radius 1 is 1.19 bits per heavy atom. The van der Waals surface area contributed by atoms with Crippen LogP contribution < -0.4 is 11.1 Å². The van der Waals surface area contributed by atoms with E-state index in [2.05, 4.69) is 15.5 Å². The minimum absolute atomic E-state index is 0.152. The molecule has 2 rings (SSSR count). The fourth-order valence-electron chi connectivity index (χ4n) is 2.00. The Morgan fingerprint density at radius 3 is 2.52 bits per heavy atom. The second-order valence-electron chi connectivity index (χ2n) is 5.31. The van der Waals surface area contributed by atoms with Crippen LogP contribution in [-0.2, 0) is 4.79 Å². The van der Waals surface area contributed by atoms with Crippen molar-refractivity contribution in [1.29, 1.82) is 0 Å². The number of primary amides is 1. The van der Waals surface area contributed by atoms with Gasteiger partial charge in [-0.05, 0) is 31.2 Å². The van der Waals surface area contributed by atoms with E-state index in [1.165, 1.54) is 49.4 Å². The van der Waals surface area contributed by atoms with Gasteiger partial charge < -0.3 is 16.2 Å². The molecule has 0 aromatic heterocycles. The standard InChI is InChI=1S/C17H15N5O5/c1-10(23)15(21-20-13-6-2-4-11(8-13)16(18)24)17(25)19-12-5-3-7-14(9-12)22(26)27/h2-9,23H,1H3,(H2,18,24)(H,19,25). The number of aliphatic hydroxyl groups excluding tert-OH is 1. The minimum Gasteiger partial charge on any atom is -0.510 e. The third kappa shape index (κ3) is 5.19. The van der Waals surface area contributed by atoms with Crippen LogP contribution in [0.4, 0.5) is 17.1 Å². The number of nitrogens with one attached hydrogen (secondary N) is 1. The van der Waals surface area contributed by atoms with Crippen LogP contribution in [0, 0.1) is 10.1 Å². The Hall–Kier alpha value is -4.08. The number of amides is 2. The zero-order chi connectivity index (χ0) is 20.0. The minimum atomic E-state index is -0.815. The van der Waals surface area contributed by atoms with Crippen molar-refractivity contribution in [3.63, 3.8) is 0 Å². The lowest BCUT2D eigenvalue weighted by molar-refractivity contribution is -0.384. The molecule has 138 valence electrons. The molecule has 0 fully saturated rings. The van der Waals surface area contributed by atoms with Gasteiger partial charge in [-0.25, -0.2) is 0 Å². The summed E-state index contributed by atoms with van der Waals surface area (Å²) in [6, 6.07) is 11.2. The molecule has 0 bridgehead atoms. The lowest BCUT2D eigenvalue weighted by atomic mass is 10.2. The maximum atomic E-state index is 12.3. The van der Waals surface area contributed by atoms with Crippen molar-refractivity contribution in [2.75, 3.05) is 5.32 Å². The van der Waals surface area contributed by atoms with Crippen LogP contribution in [0.3, 0.4) is 0 Å². The van der Waals surface area contributed by atoms with Crippen LogP contribution in [0.15, 0.2) is 70.2 Å². The fraction of sp³-hybridized carbons (Fsp3) is 0.0588. The number of azo groups is 1. The summed E-state index contributed by atoms with van der Waals surface area (Å²) in [6.07, 6.45) is 0. The van der Waals surface area contributed by atoms with Crippen molar-refractivity contribution in [3.8, 4) is 0 Å². The summed E-state index contributed by atoms with van der Waals surface area (Å²) in [7, 11) is 0. The number of anilines is 1. The first kappa shape index (κ1) is 19.2. The number of aliphatic hydroxyl groups is 1. The molecule has 4 N–H and O–H groups in total. The largest absolute Gasteiger partial charge is 0.510 e. The van der Waals surface area contributed by atoms with E-state index in [1.807, 2.05) is 0 Å². The highest BCUT2D eigenvalue weighted by Gasteiger charge is 2.15. The number of nitro groups is 1. The van der Waals surface area contributed by atoms with Crippen molar-refractivity contribution >= 4 is 28.9 Å². The van der Waals surface area contributed by atoms with E-state index in [9.17, 15) is 24.8 Å². The normalized spacial score (nSPS) is 11.7. The third-order valence-corrected chi connectivity index (χ3v) is 3.27. The summed E-state index contributed by atoms with van der Waals surface area (Å²) in [5.41, 5.74) is 5.18. The summed E-state index contributed by atoms with van der Waals surface area (Å²) in [5.74, 6) is -1.87. The average molecular weight is 369 g/mol. The first-order chi connectivity index (χ1) is 12.8. The van der Waals surface area contributed by atoms with Gasteiger partial charge >= 0.3 is 0 Å². The molecule has 2 aromatic rings. The maximum Gasteiger partial charge on any atom is 0.279 e. The predicted molar refractivity (Wildman–Crippen MR) is 96.5 cm³/mol. The maximum absolute atomic E-state index is 12.3. The molecule has 2 amide bonds. The summed E-state index contributed by atoms with van der Waals surface area (Å²) in [4.78, 5) is 33.7. The van der Waals surface area contributed by atoms with Crippen molar-refractivity contribution in [1.82, 2.24) is 0 Å². The third-order valence-electron chi connectivity index (χ3n) is 3.27. The quantitative estimate of drug-likeness (QED) is 0.234. The summed E-state index contributed by atoms with van der Waals surface area (Å²) >= 11 is 0. The Bertz CT molecular complexity index is 964. The highest BCUT2D eigenvalue weighted by atomic mass is 16.6. The molecule has 0 aliphatic carbocycles. The second-order valence-corrected chi connectivity index (χ2v) is 5.31. The van der Waals surface area contributed by atoms with Gasteiger partial charge in [-0.15, -0.1) is 5.11 Å². The highest BCUT2D eigenvalue weighted by Crippen LogP contribution is 2.20. The van der Waals surface area contributed by atoms with E-state index in [0.29, 0.717) is 0 Å². The van der Waals surface area contributed by atoms with Crippen molar-refractivity contribution in [3.05, 3.63) is 75.7 Å². The molecule has 0 saturated heterocycles. The number of carbonyl (C=O) groups excluding carboxylic acids is 2. The number of carbonyl (C=O) groups is 2. The lowest BCUT2D eigenvalue weighted by Gasteiger charge is -2.06. The van der Waals surface area contributed by atoms with Gasteiger partial charge in [0, 0.05) is 23.4 Å². The molecular formula is C17H15N5O5. The average Bonchev–Trinajstić information content (AvgIpc) is 2.62. The number of hydrogen-bond acceptors (Lipinski definition) is 7. The van der Waals surface area contributed by atoms with E-state index in [1.54, 1.807) is 0 Å². The Kier molecular flexibility index (Phi) is 5.94. The number of nitrogens with zero attached hydrogens (tertiary/aromatic N) is 3.